The molecule has 2 heterocycles. The fourth-order valence-electron chi connectivity index (χ4n) is 4.16. The van der Waals surface area contributed by atoms with Crippen molar-refractivity contribution in [3.63, 3.8) is 0 Å². The number of aromatic nitrogens is 2. The van der Waals surface area contributed by atoms with Crippen molar-refractivity contribution in [3.05, 3.63) is 18.2 Å². The molecule has 3 N–H and O–H groups in total. The van der Waals surface area contributed by atoms with Crippen molar-refractivity contribution in [1.29, 1.82) is 0 Å². The van der Waals surface area contributed by atoms with E-state index in [-0.39, 0.29) is 11.9 Å². The van der Waals surface area contributed by atoms with E-state index in [1.807, 2.05) is 18.2 Å². The Balaban J connectivity index is 1.49. The van der Waals surface area contributed by atoms with Gasteiger partial charge in [0, 0.05) is 12.0 Å². The first-order valence-corrected chi connectivity index (χ1v) is 10.3. The first-order chi connectivity index (χ1) is 13.6. The van der Waals surface area contributed by atoms with Crippen LogP contribution in [0.25, 0.3) is 10.6 Å². The molecule has 1 saturated heterocycles. The van der Waals surface area contributed by atoms with Crippen LogP contribution in [0.4, 0.5) is 5.13 Å². The summed E-state index contributed by atoms with van der Waals surface area (Å²) >= 11 is 1.31. The quantitative estimate of drug-likeness (QED) is 0.705. The fourth-order valence-corrected chi connectivity index (χ4v) is 4.93. The third kappa shape index (κ3) is 3.57. The zero-order valence-corrected chi connectivity index (χ0v) is 17.0. The van der Waals surface area contributed by atoms with Gasteiger partial charge in [-0.05, 0) is 37.3 Å². The van der Waals surface area contributed by atoms with Gasteiger partial charge >= 0.3 is 0 Å². The Morgan fingerprint density at radius 2 is 2.07 bits per heavy atom. The van der Waals surface area contributed by atoms with Gasteiger partial charge in [-0.1, -0.05) is 24.3 Å². The molecule has 1 saturated carbocycles. The van der Waals surface area contributed by atoms with Crippen LogP contribution in [0.1, 0.15) is 26.2 Å². The number of para-hydroxylation sites is 1. The SMILES string of the molecule is COc1cccc(-c2nnc(NC(=O)C3NNC4CCC(C)CC43)s2)c1OC. The molecule has 150 valence electrons. The third-order valence-corrected chi connectivity index (χ3v) is 6.46. The molecule has 28 heavy (non-hydrogen) atoms. The van der Waals surface area contributed by atoms with Crippen LogP contribution in [0.15, 0.2) is 18.2 Å². The summed E-state index contributed by atoms with van der Waals surface area (Å²) in [5.74, 6) is 2.09. The fraction of sp³-hybridized carbons (Fsp3) is 0.526. The van der Waals surface area contributed by atoms with E-state index in [2.05, 4.69) is 33.3 Å². The van der Waals surface area contributed by atoms with E-state index in [9.17, 15) is 4.79 Å². The van der Waals surface area contributed by atoms with Crippen molar-refractivity contribution in [2.45, 2.75) is 38.3 Å². The predicted molar refractivity (Wildman–Crippen MR) is 107 cm³/mol. The number of hydrogen-bond acceptors (Lipinski definition) is 8. The van der Waals surface area contributed by atoms with Crippen LogP contribution in [0.3, 0.4) is 0 Å². The second kappa shape index (κ2) is 8.02. The van der Waals surface area contributed by atoms with Crippen molar-refractivity contribution in [3.8, 4) is 22.1 Å². The van der Waals surface area contributed by atoms with Gasteiger partial charge in [0.15, 0.2) is 16.5 Å². The number of rotatable bonds is 5. The maximum absolute atomic E-state index is 12.8. The molecule has 1 aliphatic heterocycles. The highest BCUT2D eigenvalue weighted by molar-refractivity contribution is 7.18. The van der Waals surface area contributed by atoms with Crippen LogP contribution < -0.4 is 25.6 Å². The van der Waals surface area contributed by atoms with Crippen LogP contribution in [0.5, 0.6) is 11.5 Å². The summed E-state index contributed by atoms with van der Waals surface area (Å²) < 4.78 is 10.8. The van der Waals surface area contributed by atoms with Crippen molar-refractivity contribution in [2.75, 3.05) is 19.5 Å². The molecule has 4 rings (SSSR count). The topological polar surface area (TPSA) is 97.4 Å². The molecular formula is C19H25N5O3S. The van der Waals surface area contributed by atoms with Crippen molar-refractivity contribution in [1.82, 2.24) is 21.0 Å². The molecule has 0 spiro atoms. The van der Waals surface area contributed by atoms with Crippen molar-refractivity contribution in [2.24, 2.45) is 11.8 Å². The summed E-state index contributed by atoms with van der Waals surface area (Å²) in [6, 6.07) is 5.69. The monoisotopic (exact) mass is 403 g/mol. The number of hydrogen-bond donors (Lipinski definition) is 3. The van der Waals surface area contributed by atoms with Crippen LogP contribution in [0.2, 0.25) is 0 Å². The van der Waals surface area contributed by atoms with Gasteiger partial charge in [-0.25, -0.2) is 5.43 Å². The first kappa shape index (κ1) is 19.1. The maximum atomic E-state index is 12.8. The number of ether oxygens (including phenoxy) is 2. The van der Waals surface area contributed by atoms with Gasteiger partial charge in [-0.3, -0.25) is 15.5 Å². The lowest BCUT2D eigenvalue weighted by atomic mass is 9.76. The number of nitrogens with zero attached hydrogens (tertiary/aromatic N) is 2. The van der Waals surface area contributed by atoms with Crippen LogP contribution >= 0.6 is 11.3 Å². The number of methoxy groups -OCH3 is 2. The molecule has 1 aliphatic carbocycles. The van der Waals surface area contributed by atoms with Gasteiger partial charge in [-0.2, -0.15) is 0 Å². The molecule has 2 aromatic rings. The Morgan fingerprint density at radius 1 is 1.21 bits per heavy atom. The molecular weight excluding hydrogens is 378 g/mol. The van der Waals surface area contributed by atoms with Gasteiger partial charge in [0.2, 0.25) is 11.0 Å². The van der Waals surface area contributed by atoms with Gasteiger partial charge in [0.05, 0.1) is 19.8 Å². The average molecular weight is 404 g/mol. The molecule has 4 unspecified atom stereocenters. The Hall–Kier alpha value is -2.23. The Morgan fingerprint density at radius 3 is 2.86 bits per heavy atom. The van der Waals surface area contributed by atoms with Gasteiger partial charge in [0.25, 0.3) is 0 Å². The molecule has 8 nitrogen and oxygen atoms in total. The van der Waals surface area contributed by atoms with Gasteiger partial charge in [-0.15, -0.1) is 10.2 Å². The Kier molecular flexibility index (Phi) is 5.47. The Labute approximate surface area is 168 Å². The molecule has 2 fully saturated rings. The number of carbonyl (C=O) groups is 1. The minimum Gasteiger partial charge on any atom is -0.493 e. The third-order valence-electron chi connectivity index (χ3n) is 5.59. The number of carbonyl (C=O) groups excluding carboxylic acids is 1. The summed E-state index contributed by atoms with van der Waals surface area (Å²) in [6.07, 6.45) is 3.35. The normalized spacial score (nSPS) is 26.5. The van der Waals surface area contributed by atoms with Crippen LogP contribution in [-0.4, -0.2) is 42.4 Å². The predicted octanol–water partition coefficient (Wildman–Crippen LogP) is 2.44. The summed E-state index contributed by atoms with van der Waals surface area (Å²) in [4.78, 5) is 12.8. The largest absolute Gasteiger partial charge is 0.493 e. The van der Waals surface area contributed by atoms with Gasteiger partial charge in [0.1, 0.15) is 6.04 Å². The minimum atomic E-state index is -0.258. The van der Waals surface area contributed by atoms with Crippen molar-refractivity contribution < 1.29 is 14.3 Å². The summed E-state index contributed by atoms with van der Waals surface area (Å²) in [6.45, 7) is 2.25. The van der Waals surface area contributed by atoms with E-state index >= 15 is 0 Å². The number of benzene rings is 1. The molecule has 1 amide bonds. The number of anilines is 1. The molecule has 4 atom stereocenters. The van der Waals surface area contributed by atoms with E-state index < -0.39 is 0 Å². The standard InChI is InChI=1S/C19H25N5O3S/c1-10-7-8-13-12(9-10)15(22-21-13)17(25)20-19-24-23-18(28-19)11-5-4-6-14(26-2)16(11)27-3/h4-6,10,12-13,15,21-22H,7-9H2,1-3H3,(H,20,24,25). The number of hydrazine groups is 1. The lowest BCUT2D eigenvalue weighted by Gasteiger charge is -2.30. The highest BCUT2D eigenvalue weighted by atomic mass is 32.1. The number of nitrogens with one attached hydrogen (secondary N) is 3. The molecule has 0 radical (unpaired) electrons. The van der Waals surface area contributed by atoms with Crippen LogP contribution in [-0.2, 0) is 4.79 Å². The molecule has 1 aromatic carbocycles. The van der Waals surface area contributed by atoms with E-state index in [0.29, 0.717) is 39.5 Å². The number of amides is 1. The van der Waals surface area contributed by atoms with Crippen LogP contribution in [0, 0.1) is 11.8 Å². The van der Waals surface area contributed by atoms with E-state index in [1.165, 1.54) is 17.8 Å². The zero-order chi connectivity index (χ0) is 19.7. The van der Waals surface area contributed by atoms with E-state index in [0.717, 1.165) is 18.4 Å². The van der Waals surface area contributed by atoms with E-state index in [1.54, 1.807) is 14.2 Å². The second-order valence-corrected chi connectivity index (χ2v) is 8.38. The lowest BCUT2D eigenvalue weighted by molar-refractivity contribution is -0.119. The highest BCUT2D eigenvalue weighted by Crippen LogP contribution is 2.40. The molecule has 1 aromatic heterocycles. The molecule has 9 heteroatoms. The zero-order valence-electron chi connectivity index (χ0n) is 16.2. The first-order valence-electron chi connectivity index (χ1n) is 9.47. The summed E-state index contributed by atoms with van der Waals surface area (Å²) in [5.41, 5.74) is 7.23. The minimum absolute atomic E-state index is 0.0746. The van der Waals surface area contributed by atoms with Crippen molar-refractivity contribution >= 4 is 22.4 Å². The Bertz CT molecular complexity index is 858. The van der Waals surface area contributed by atoms with Gasteiger partial charge < -0.3 is 9.47 Å². The van der Waals surface area contributed by atoms with E-state index in [4.69, 9.17) is 9.47 Å². The highest BCUT2D eigenvalue weighted by Gasteiger charge is 2.42. The summed E-state index contributed by atoms with van der Waals surface area (Å²) in [5, 5.41) is 12.4. The molecule has 2 aliphatic rings. The molecule has 0 bridgehead atoms. The second-order valence-electron chi connectivity index (χ2n) is 7.40. The maximum Gasteiger partial charge on any atom is 0.245 e. The smallest absolute Gasteiger partial charge is 0.245 e. The lowest BCUT2D eigenvalue weighted by Crippen LogP contribution is -2.42. The average Bonchev–Trinajstić information content (AvgIpc) is 3.33. The number of fused-ring (bicyclic) bond motifs is 1. The summed E-state index contributed by atoms with van der Waals surface area (Å²) in [7, 11) is 3.18.